The van der Waals surface area contributed by atoms with E-state index < -0.39 is 0 Å². The second-order valence-corrected chi connectivity index (χ2v) is 5.12. The molecule has 0 aliphatic carbocycles. The SMILES string of the molecule is Cc1cc(C(C)Nc2cccc(Cl)c2Cl)c(C)o1. The van der Waals surface area contributed by atoms with Crippen LogP contribution in [0.1, 0.15) is 30.0 Å². The highest BCUT2D eigenvalue weighted by Gasteiger charge is 2.14. The smallest absolute Gasteiger partial charge is 0.106 e. The zero-order valence-electron chi connectivity index (χ0n) is 10.6. The molecule has 0 radical (unpaired) electrons. The molecule has 1 aromatic heterocycles. The lowest BCUT2D eigenvalue weighted by Gasteiger charge is -2.16. The fourth-order valence-corrected chi connectivity index (χ4v) is 2.36. The van der Waals surface area contributed by atoms with Crippen molar-refractivity contribution < 1.29 is 4.42 Å². The van der Waals surface area contributed by atoms with Gasteiger partial charge >= 0.3 is 0 Å². The van der Waals surface area contributed by atoms with E-state index >= 15 is 0 Å². The fourth-order valence-electron chi connectivity index (χ4n) is 2.01. The Hall–Kier alpha value is -1.12. The molecule has 0 spiro atoms. The van der Waals surface area contributed by atoms with Crippen molar-refractivity contribution in [1.82, 2.24) is 0 Å². The third-order valence-corrected chi connectivity index (χ3v) is 3.69. The summed E-state index contributed by atoms with van der Waals surface area (Å²) in [7, 11) is 0. The van der Waals surface area contributed by atoms with Gasteiger partial charge in [0.05, 0.1) is 21.8 Å². The van der Waals surface area contributed by atoms with E-state index in [-0.39, 0.29) is 6.04 Å². The van der Waals surface area contributed by atoms with Crippen LogP contribution in [-0.4, -0.2) is 0 Å². The Labute approximate surface area is 117 Å². The van der Waals surface area contributed by atoms with Gasteiger partial charge in [0.25, 0.3) is 0 Å². The van der Waals surface area contributed by atoms with Gasteiger partial charge in [-0.25, -0.2) is 0 Å². The van der Waals surface area contributed by atoms with Crippen LogP contribution >= 0.6 is 23.2 Å². The Kier molecular flexibility index (Phi) is 3.88. The summed E-state index contributed by atoms with van der Waals surface area (Å²) in [6.45, 7) is 5.96. The van der Waals surface area contributed by atoms with Crippen molar-refractivity contribution in [2.24, 2.45) is 0 Å². The highest BCUT2D eigenvalue weighted by molar-refractivity contribution is 6.43. The molecule has 0 saturated heterocycles. The molecule has 1 atom stereocenters. The van der Waals surface area contributed by atoms with E-state index in [2.05, 4.69) is 12.2 Å². The zero-order chi connectivity index (χ0) is 13.3. The number of nitrogens with one attached hydrogen (secondary N) is 1. The molecule has 18 heavy (non-hydrogen) atoms. The van der Waals surface area contributed by atoms with Gasteiger partial charge in [0.1, 0.15) is 11.5 Å². The Balaban J connectivity index is 2.24. The lowest BCUT2D eigenvalue weighted by Crippen LogP contribution is -2.07. The van der Waals surface area contributed by atoms with E-state index in [1.807, 2.05) is 32.0 Å². The van der Waals surface area contributed by atoms with Crippen LogP contribution in [0.3, 0.4) is 0 Å². The zero-order valence-corrected chi connectivity index (χ0v) is 12.1. The molecule has 0 saturated carbocycles. The van der Waals surface area contributed by atoms with Crippen LogP contribution in [0, 0.1) is 13.8 Å². The molecule has 2 rings (SSSR count). The molecule has 1 N–H and O–H groups in total. The molecule has 2 aromatic rings. The highest BCUT2D eigenvalue weighted by atomic mass is 35.5. The van der Waals surface area contributed by atoms with Gasteiger partial charge in [0, 0.05) is 5.56 Å². The first-order valence-electron chi connectivity index (χ1n) is 5.76. The van der Waals surface area contributed by atoms with E-state index in [0.717, 1.165) is 22.8 Å². The molecule has 96 valence electrons. The number of anilines is 1. The van der Waals surface area contributed by atoms with Crippen molar-refractivity contribution in [2.45, 2.75) is 26.8 Å². The lowest BCUT2D eigenvalue weighted by molar-refractivity contribution is 0.500. The Bertz CT molecular complexity index is 563. The molecule has 0 amide bonds. The topological polar surface area (TPSA) is 25.2 Å². The molecule has 0 aliphatic rings. The molecule has 0 bridgehead atoms. The van der Waals surface area contributed by atoms with Crippen molar-refractivity contribution in [3.63, 3.8) is 0 Å². The van der Waals surface area contributed by atoms with Crippen LogP contribution in [0.25, 0.3) is 0 Å². The van der Waals surface area contributed by atoms with E-state index in [4.69, 9.17) is 27.6 Å². The normalized spacial score (nSPS) is 12.5. The van der Waals surface area contributed by atoms with Crippen molar-refractivity contribution in [3.8, 4) is 0 Å². The summed E-state index contributed by atoms with van der Waals surface area (Å²) in [5.41, 5.74) is 1.96. The van der Waals surface area contributed by atoms with Gasteiger partial charge in [-0.2, -0.15) is 0 Å². The van der Waals surface area contributed by atoms with E-state index in [1.54, 1.807) is 6.07 Å². The number of hydrogen-bond donors (Lipinski definition) is 1. The minimum Gasteiger partial charge on any atom is -0.466 e. The summed E-state index contributed by atoms with van der Waals surface area (Å²) in [4.78, 5) is 0. The lowest BCUT2D eigenvalue weighted by atomic mass is 10.1. The van der Waals surface area contributed by atoms with Crippen molar-refractivity contribution in [3.05, 3.63) is 51.4 Å². The summed E-state index contributed by atoms with van der Waals surface area (Å²) in [6, 6.07) is 7.70. The predicted molar refractivity (Wildman–Crippen MR) is 76.7 cm³/mol. The summed E-state index contributed by atoms with van der Waals surface area (Å²) < 4.78 is 5.53. The molecular weight excluding hydrogens is 269 g/mol. The van der Waals surface area contributed by atoms with Crippen LogP contribution in [0.4, 0.5) is 5.69 Å². The van der Waals surface area contributed by atoms with Crippen LogP contribution in [-0.2, 0) is 0 Å². The van der Waals surface area contributed by atoms with Crippen molar-refractivity contribution in [2.75, 3.05) is 5.32 Å². The highest BCUT2D eigenvalue weighted by Crippen LogP contribution is 2.33. The molecule has 1 heterocycles. The first-order valence-corrected chi connectivity index (χ1v) is 6.52. The number of benzene rings is 1. The van der Waals surface area contributed by atoms with E-state index in [1.165, 1.54) is 0 Å². The van der Waals surface area contributed by atoms with Crippen LogP contribution in [0.15, 0.2) is 28.7 Å². The van der Waals surface area contributed by atoms with Crippen molar-refractivity contribution >= 4 is 28.9 Å². The summed E-state index contributed by atoms with van der Waals surface area (Å²) in [6.07, 6.45) is 0. The summed E-state index contributed by atoms with van der Waals surface area (Å²) >= 11 is 12.1. The monoisotopic (exact) mass is 283 g/mol. The maximum absolute atomic E-state index is 6.15. The first-order chi connectivity index (χ1) is 8.49. The minimum atomic E-state index is 0.110. The number of furan rings is 1. The number of rotatable bonds is 3. The summed E-state index contributed by atoms with van der Waals surface area (Å²) in [5, 5.41) is 4.44. The van der Waals surface area contributed by atoms with E-state index in [0.29, 0.717) is 10.0 Å². The average Bonchev–Trinajstić information content (AvgIpc) is 2.64. The molecule has 1 aromatic carbocycles. The molecular formula is C14H15Cl2NO. The van der Waals surface area contributed by atoms with Gasteiger partial charge in [-0.15, -0.1) is 0 Å². The number of halogens is 2. The van der Waals surface area contributed by atoms with Gasteiger partial charge in [0.2, 0.25) is 0 Å². The molecule has 0 aliphatic heterocycles. The first kappa shape index (κ1) is 13.3. The molecule has 1 unspecified atom stereocenters. The van der Waals surface area contributed by atoms with Gasteiger partial charge in [-0.1, -0.05) is 29.3 Å². The third-order valence-electron chi connectivity index (χ3n) is 2.87. The second-order valence-electron chi connectivity index (χ2n) is 4.34. The van der Waals surface area contributed by atoms with E-state index in [9.17, 15) is 0 Å². The van der Waals surface area contributed by atoms with Crippen molar-refractivity contribution in [1.29, 1.82) is 0 Å². The Morgan fingerprint density at radius 1 is 1.22 bits per heavy atom. The standard InChI is InChI=1S/C14H15Cl2NO/c1-8-7-11(10(3)18-8)9(2)17-13-6-4-5-12(15)14(13)16/h4-7,9,17H,1-3H3. The third kappa shape index (κ3) is 2.65. The Morgan fingerprint density at radius 2 is 1.94 bits per heavy atom. The molecule has 4 heteroatoms. The minimum absolute atomic E-state index is 0.110. The van der Waals surface area contributed by atoms with Gasteiger partial charge in [-0.3, -0.25) is 0 Å². The maximum atomic E-state index is 6.15. The van der Waals surface area contributed by atoms with Gasteiger partial charge in [0.15, 0.2) is 0 Å². The van der Waals surface area contributed by atoms with Gasteiger partial charge in [-0.05, 0) is 39.0 Å². The van der Waals surface area contributed by atoms with Crippen LogP contribution in [0.2, 0.25) is 10.0 Å². The maximum Gasteiger partial charge on any atom is 0.106 e. The molecule has 0 fully saturated rings. The summed E-state index contributed by atoms with van der Waals surface area (Å²) in [5.74, 6) is 1.83. The predicted octanol–water partition coefficient (Wildman–Crippen LogP) is 5.38. The number of aryl methyl sites for hydroxylation is 2. The largest absolute Gasteiger partial charge is 0.466 e. The number of hydrogen-bond acceptors (Lipinski definition) is 2. The van der Waals surface area contributed by atoms with Crippen LogP contribution < -0.4 is 5.32 Å². The quantitative estimate of drug-likeness (QED) is 0.818. The second kappa shape index (κ2) is 5.25. The fraction of sp³-hybridized carbons (Fsp3) is 0.286. The Morgan fingerprint density at radius 3 is 2.56 bits per heavy atom. The van der Waals surface area contributed by atoms with Crippen LogP contribution in [0.5, 0.6) is 0 Å². The molecule has 2 nitrogen and oxygen atoms in total. The van der Waals surface area contributed by atoms with Gasteiger partial charge < -0.3 is 9.73 Å². The average molecular weight is 284 g/mol.